The molecule has 0 unspecified atom stereocenters. The Hall–Kier alpha value is -2.64. The maximum atomic E-state index is 13.7. The molecule has 8 heteroatoms. The third-order valence-electron chi connectivity index (χ3n) is 2.98. The fourth-order valence-corrected chi connectivity index (χ4v) is 1.92. The number of carboxylic acids is 2. The van der Waals surface area contributed by atoms with Crippen LogP contribution in [0, 0.1) is 11.6 Å². The molecule has 0 radical (unpaired) electrons. The van der Waals surface area contributed by atoms with Crippen LogP contribution in [0.3, 0.4) is 0 Å². The zero-order chi connectivity index (χ0) is 15.7. The minimum absolute atomic E-state index is 0.0452. The smallest absolute Gasteiger partial charge is 0.344 e. The van der Waals surface area contributed by atoms with E-state index in [1.165, 1.54) is 11.0 Å². The lowest BCUT2D eigenvalue weighted by molar-refractivity contribution is -0.140. The molecule has 0 amide bonds. The molecule has 0 aliphatic carbocycles. The Balaban J connectivity index is 2.56. The number of anilines is 1. The van der Waals surface area contributed by atoms with E-state index in [1.54, 1.807) is 6.92 Å². The van der Waals surface area contributed by atoms with Crippen LogP contribution in [0.2, 0.25) is 0 Å². The van der Waals surface area contributed by atoms with Gasteiger partial charge in [-0.15, -0.1) is 0 Å². The summed E-state index contributed by atoms with van der Waals surface area (Å²) in [6.07, 6.45) is 0.869. The standard InChI is InChI=1S/C13H11F2NO5/c1-6-5-21-11-9(3-2-8(14)10(11)15)16(6)4-7(12(17)18)13(19)20/h2-4,6H,5H2,1H3,(H,17,18)(H,19,20)/t6-/m0/s1. The van der Waals surface area contributed by atoms with E-state index in [0.717, 1.165) is 12.3 Å². The van der Waals surface area contributed by atoms with E-state index < -0.39 is 35.2 Å². The Morgan fingerprint density at radius 3 is 2.52 bits per heavy atom. The van der Waals surface area contributed by atoms with Crippen molar-refractivity contribution >= 4 is 17.6 Å². The lowest BCUT2D eigenvalue weighted by atomic mass is 10.1. The molecule has 1 heterocycles. The number of carboxylic acid groups (broad SMARTS) is 2. The quantitative estimate of drug-likeness (QED) is 0.501. The third-order valence-corrected chi connectivity index (χ3v) is 2.98. The molecule has 0 bridgehead atoms. The molecule has 2 rings (SSSR count). The number of carbonyl (C=O) groups is 2. The van der Waals surface area contributed by atoms with Gasteiger partial charge in [-0.05, 0) is 19.1 Å². The molecule has 0 fully saturated rings. The first-order valence-corrected chi connectivity index (χ1v) is 5.90. The molecule has 0 saturated carbocycles. The second-order valence-corrected chi connectivity index (χ2v) is 4.43. The number of fused-ring (bicyclic) bond motifs is 1. The van der Waals surface area contributed by atoms with Gasteiger partial charge in [-0.25, -0.2) is 14.0 Å². The van der Waals surface area contributed by atoms with Crippen molar-refractivity contribution in [3.8, 4) is 5.75 Å². The van der Waals surface area contributed by atoms with Crippen LogP contribution in [0.15, 0.2) is 23.9 Å². The average Bonchev–Trinajstić information content (AvgIpc) is 2.40. The van der Waals surface area contributed by atoms with Crippen molar-refractivity contribution in [2.75, 3.05) is 11.5 Å². The zero-order valence-electron chi connectivity index (χ0n) is 10.8. The second kappa shape index (κ2) is 5.39. The summed E-state index contributed by atoms with van der Waals surface area (Å²) in [6.45, 7) is 1.58. The zero-order valence-corrected chi connectivity index (χ0v) is 10.8. The summed E-state index contributed by atoms with van der Waals surface area (Å²) in [6, 6.07) is 1.61. The maximum absolute atomic E-state index is 13.7. The van der Waals surface area contributed by atoms with Gasteiger partial charge in [0, 0.05) is 6.20 Å². The summed E-state index contributed by atoms with van der Waals surface area (Å²) in [5.41, 5.74) is -0.827. The Labute approximate surface area is 117 Å². The summed E-state index contributed by atoms with van der Waals surface area (Å²) in [5, 5.41) is 17.7. The summed E-state index contributed by atoms with van der Waals surface area (Å²) < 4.78 is 31.9. The normalized spacial score (nSPS) is 16.7. The number of hydrogen-bond acceptors (Lipinski definition) is 4. The summed E-state index contributed by atoms with van der Waals surface area (Å²) in [7, 11) is 0. The first-order valence-electron chi connectivity index (χ1n) is 5.90. The number of halogens is 2. The fraction of sp³-hybridized carbons (Fsp3) is 0.231. The number of nitrogens with zero attached hydrogens (tertiary/aromatic N) is 1. The molecule has 1 aliphatic heterocycles. The van der Waals surface area contributed by atoms with Crippen LogP contribution in [-0.4, -0.2) is 34.8 Å². The SMILES string of the molecule is C[C@H]1COc2c(ccc(F)c2F)N1C=C(C(=O)O)C(=O)O. The van der Waals surface area contributed by atoms with Gasteiger partial charge >= 0.3 is 11.9 Å². The highest BCUT2D eigenvalue weighted by Crippen LogP contribution is 2.37. The van der Waals surface area contributed by atoms with Gasteiger partial charge in [0.1, 0.15) is 6.61 Å². The van der Waals surface area contributed by atoms with E-state index in [1.807, 2.05) is 0 Å². The highest BCUT2D eigenvalue weighted by molar-refractivity contribution is 6.12. The number of rotatable bonds is 3. The number of aliphatic carboxylic acids is 2. The van der Waals surface area contributed by atoms with Crippen molar-refractivity contribution < 1.29 is 33.3 Å². The van der Waals surface area contributed by atoms with Crippen molar-refractivity contribution in [2.45, 2.75) is 13.0 Å². The lowest BCUT2D eigenvalue weighted by Gasteiger charge is -2.34. The highest BCUT2D eigenvalue weighted by atomic mass is 19.2. The van der Waals surface area contributed by atoms with E-state index in [9.17, 15) is 18.4 Å². The molecule has 6 nitrogen and oxygen atoms in total. The van der Waals surface area contributed by atoms with Gasteiger partial charge in [-0.3, -0.25) is 0 Å². The van der Waals surface area contributed by atoms with Crippen molar-refractivity contribution in [3.63, 3.8) is 0 Å². The van der Waals surface area contributed by atoms with E-state index in [2.05, 4.69) is 0 Å². The summed E-state index contributed by atoms with van der Waals surface area (Å²) in [5.74, 6) is -5.95. The Morgan fingerprint density at radius 1 is 1.33 bits per heavy atom. The van der Waals surface area contributed by atoms with Crippen LogP contribution in [0.25, 0.3) is 0 Å². The van der Waals surface area contributed by atoms with E-state index in [0.29, 0.717) is 0 Å². The molecule has 1 atom stereocenters. The van der Waals surface area contributed by atoms with Gasteiger partial charge in [-0.1, -0.05) is 0 Å². The largest absolute Gasteiger partial charge is 0.486 e. The van der Waals surface area contributed by atoms with Gasteiger partial charge in [0.2, 0.25) is 5.82 Å². The minimum Gasteiger partial charge on any atom is -0.486 e. The first kappa shape index (κ1) is 14.8. The molecule has 21 heavy (non-hydrogen) atoms. The first-order chi connectivity index (χ1) is 9.82. The van der Waals surface area contributed by atoms with Gasteiger partial charge < -0.3 is 19.8 Å². The Morgan fingerprint density at radius 2 is 1.95 bits per heavy atom. The Kier molecular flexibility index (Phi) is 3.79. The predicted molar refractivity (Wildman–Crippen MR) is 67.1 cm³/mol. The van der Waals surface area contributed by atoms with Gasteiger partial charge in [0.05, 0.1) is 11.7 Å². The van der Waals surface area contributed by atoms with Crippen molar-refractivity contribution in [2.24, 2.45) is 0 Å². The monoisotopic (exact) mass is 299 g/mol. The average molecular weight is 299 g/mol. The van der Waals surface area contributed by atoms with Crippen molar-refractivity contribution in [1.29, 1.82) is 0 Å². The molecule has 1 aliphatic rings. The minimum atomic E-state index is -1.63. The van der Waals surface area contributed by atoms with E-state index in [4.69, 9.17) is 14.9 Å². The maximum Gasteiger partial charge on any atom is 0.344 e. The van der Waals surface area contributed by atoms with Crippen LogP contribution in [0.1, 0.15) is 6.92 Å². The van der Waals surface area contributed by atoms with Gasteiger partial charge in [0.25, 0.3) is 0 Å². The molecule has 0 aromatic heterocycles. The molecule has 1 aromatic rings. The van der Waals surface area contributed by atoms with E-state index >= 15 is 0 Å². The molecule has 2 N–H and O–H groups in total. The number of hydrogen-bond donors (Lipinski definition) is 2. The van der Waals surface area contributed by atoms with Gasteiger partial charge in [-0.2, -0.15) is 4.39 Å². The third kappa shape index (κ3) is 2.64. The highest BCUT2D eigenvalue weighted by Gasteiger charge is 2.29. The van der Waals surface area contributed by atoms with Crippen molar-refractivity contribution in [3.05, 3.63) is 35.5 Å². The molecule has 0 spiro atoms. The Bertz CT molecular complexity index is 628. The number of benzene rings is 1. The molecular weight excluding hydrogens is 288 g/mol. The summed E-state index contributed by atoms with van der Waals surface area (Å²) in [4.78, 5) is 23.1. The topological polar surface area (TPSA) is 87.1 Å². The van der Waals surface area contributed by atoms with Crippen molar-refractivity contribution in [1.82, 2.24) is 0 Å². The van der Waals surface area contributed by atoms with E-state index in [-0.39, 0.29) is 18.0 Å². The predicted octanol–water partition coefficient (Wildman–Crippen LogP) is 1.61. The van der Waals surface area contributed by atoms with Crippen LogP contribution < -0.4 is 9.64 Å². The van der Waals surface area contributed by atoms with Gasteiger partial charge in [0.15, 0.2) is 17.1 Å². The lowest BCUT2D eigenvalue weighted by Crippen LogP contribution is -2.38. The molecule has 1 aromatic carbocycles. The molecule has 0 saturated heterocycles. The number of ether oxygens (including phenoxy) is 1. The van der Waals surface area contributed by atoms with Crippen LogP contribution >= 0.6 is 0 Å². The fourth-order valence-electron chi connectivity index (χ4n) is 1.92. The van der Waals surface area contributed by atoms with Crippen LogP contribution in [0.5, 0.6) is 5.75 Å². The molecular formula is C13H11F2NO5. The second-order valence-electron chi connectivity index (χ2n) is 4.43. The van der Waals surface area contributed by atoms with Crippen LogP contribution in [-0.2, 0) is 9.59 Å². The van der Waals surface area contributed by atoms with Crippen LogP contribution in [0.4, 0.5) is 14.5 Å². The molecule has 112 valence electrons. The summed E-state index contributed by atoms with van der Waals surface area (Å²) >= 11 is 0.